The third kappa shape index (κ3) is 5.38. The SMILES string of the molecule is CCC(C(=O)NCCC(C)O)c1cccc(C(F)(F)F)c1. The normalized spacial score (nSPS) is 14.6. The van der Waals surface area contributed by atoms with Crippen molar-refractivity contribution in [2.75, 3.05) is 6.54 Å². The first-order valence-corrected chi connectivity index (χ1v) is 6.88. The standard InChI is InChI=1S/C15H20F3NO2/c1-3-13(14(21)19-8-7-10(2)20)11-5-4-6-12(9-11)15(16,17)18/h4-6,9-10,13,20H,3,7-8H2,1-2H3,(H,19,21). The van der Waals surface area contributed by atoms with Crippen LogP contribution in [0.3, 0.4) is 0 Å². The van der Waals surface area contributed by atoms with Gasteiger partial charge in [0.2, 0.25) is 5.91 Å². The first kappa shape index (κ1) is 17.5. The summed E-state index contributed by atoms with van der Waals surface area (Å²) < 4.78 is 38.1. The first-order chi connectivity index (χ1) is 9.75. The molecule has 6 heteroatoms. The largest absolute Gasteiger partial charge is 0.416 e. The molecule has 1 aromatic rings. The number of hydrogen-bond acceptors (Lipinski definition) is 2. The van der Waals surface area contributed by atoms with E-state index in [4.69, 9.17) is 5.11 Å². The number of carbonyl (C=O) groups excluding carboxylic acids is 1. The molecule has 0 aromatic heterocycles. The second kappa shape index (κ2) is 7.45. The highest BCUT2D eigenvalue weighted by Crippen LogP contribution is 2.31. The van der Waals surface area contributed by atoms with Gasteiger partial charge in [-0.1, -0.05) is 25.1 Å². The van der Waals surface area contributed by atoms with Crippen LogP contribution >= 0.6 is 0 Å². The van der Waals surface area contributed by atoms with Crippen LogP contribution in [-0.4, -0.2) is 23.7 Å². The van der Waals surface area contributed by atoms with E-state index in [0.717, 1.165) is 12.1 Å². The van der Waals surface area contributed by atoms with Crippen LogP contribution in [0.1, 0.15) is 43.7 Å². The van der Waals surface area contributed by atoms with Gasteiger partial charge in [-0.25, -0.2) is 0 Å². The van der Waals surface area contributed by atoms with Gasteiger partial charge in [-0.2, -0.15) is 13.2 Å². The number of carbonyl (C=O) groups is 1. The molecule has 0 saturated heterocycles. The fourth-order valence-electron chi connectivity index (χ4n) is 2.03. The smallest absolute Gasteiger partial charge is 0.393 e. The van der Waals surface area contributed by atoms with Gasteiger partial charge in [0.25, 0.3) is 0 Å². The minimum atomic E-state index is -4.42. The maximum Gasteiger partial charge on any atom is 0.416 e. The van der Waals surface area contributed by atoms with Gasteiger partial charge in [0.05, 0.1) is 17.6 Å². The van der Waals surface area contributed by atoms with Crippen LogP contribution < -0.4 is 5.32 Å². The van der Waals surface area contributed by atoms with E-state index >= 15 is 0 Å². The minimum Gasteiger partial charge on any atom is -0.393 e. The van der Waals surface area contributed by atoms with Crippen molar-refractivity contribution in [1.82, 2.24) is 5.32 Å². The Morgan fingerprint density at radius 3 is 2.57 bits per heavy atom. The third-order valence-electron chi connectivity index (χ3n) is 3.20. The summed E-state index contributed by atoms with van der Waals surface area (Å²) in [6.07, 6.45) is -4.14. The molecule has 0 radical (unpaired) electrons. The van der Waals surface area contributed by atoms with Crippen molar-refractivity contribution in [2.45, 2.75) is 44.9 Å². The Kier molecular flexibility index (Phi) is 6.20. The van der Waals surface area contributed by atoms with Gasteiger partial charge in [-0.15, -0.1) is 0 Å². The number of aliphatic hydroxyl groups is 1. The topological polar surface area (TPSA) is 49.3 Å². The Hall–Kier alpha value is -1.56. The lowest BCUT2D eigenvalue weighted by Crippen LogP contribution is -2.31. The zero-order chi connectivity index (χ0) is 16.0. The number of benzene rings is 1. The lowest BCUT2D eigenvalue weighted by molar-refractivity contribution is -0.137. The number of aliphatic hydroxyl groups excluding tert-OH is 1. The Morgan fingerprint density at radius 1 is 1.38 bits per heavy atom. The van der Waals surface area contributed by atoms with E-state index in [2.05, 4.69) is 5.32 Å². The Morgan fingerprint density at radius 2 is 2.05 bits per heavy atom. The van der Waals surface area contributed by atoms with Gasteiger partial charge in [0.15, 0.2) is 0 Å². The fourth-order valence-corrected chi connectivity index (χ4v) is 2.03. The van der Waals surface area contributed by atoms with Gasteiger partial charge >= 0.3 is 6.18 Å². The van der Waals surface area contributed by atoms with Crippen LogP contribution in [0.4, 0.5) is 13.2 Å². The number of alkyl halides is 3. The molecule has 0 heterocycles. The molecule has 2 atom stereocenters. The van der Waals surface area contributed by atoms with Crippen molar-refractivity contribution in [2.24, 2.45) is 0 Å². The number of hydrogen-bond donors (Lipinski definition) is 2. The van der Waals surface area contributed by atoms with E-state index in [0.29, 0.717) is 24.9 Å². The van der Waals surface area contributed by atoms with E-state index in [1.165, 1.54) is 12.1 Å². The second-order valence-corrected chi connectivity index (χ2v) is 5.01. The van der Waals surface area contributed by atoms with Gasteiger partial charge in [-0.05, 0) is 31.4 Å². The highest BCUT2D eigenvalue weighted by atomic mass is 19.4. The van der Waals surface area contributed by atoms with Crippen LogP contribution in [-0.2, 0) is 11.0 Å². The average molecular weight is 303 g/mol. The maximum absolute atomic E-state index is 12.7. The van der Waals surface area contributed by atoms with Gasteiger partial charge in [0.1, 0.15) is 0 Å². The van der Waals surface area contributed by atoms with Crippen molar-refractivity contribution in [3.05, 3.63) is 35.4 Å². The van der Waals surface area contributed by atoms with Gasteiger partial charge < -0.3 is 10.4 Å². The number of amides is 1. The molecule has 2 unspecified atom stereocenters. The highest BCUT2D eigenvalue weighted by molar-refractivity contribution is 5.83. The molecule has 1 amide bonds. The summed E-state index contributed by atoms with van der Waals surface area (Å²) in [6.45, 7) is 3.65. The van der Waals surface area contributed by atoms with Crippen LogP contribution in [0.25, 0.3) is 0 Å². The fraction of sp³-hybridized carbons (Fsp3) is 0.533. The van der Waals surface area contributed by atoms with Crippen molar-refractivity contribution < 1.29 is 23.1 Å². The van der Waals surface area contributed by atoms with Crippen molar-refractivity contribution in [3.8, 4) is 0 Å². The summed E-state index contributed by atoms with van der Waals surface area (Å²) >= 11 is 0. The monoisotopic (exact) mass is 303 g/mol. The van der Waals surface area contributed by atoms with E-state index in [1.807, 2.05) is 0 Å². The summed E-state index contributed by atoms with van der Waals surface area (Å²) in [5.41, 5.74) is -0.405. The number of halogens is 3. The average Bonchev–Trinajstić information content (AvgIpc) is 2.38. The maximum atomic E-state index is 12.7. The molecule has 1 rings (SSSR count). The van der Waals surface area contributed by atoms with Crippen molar-refractivity contribution >= 4 is 5.91 Å². The van der Waals surface area contributed by atoms with E-state index in [1.54, 1.807) is 13.8 Å². The molecule has 3 nitrogen and oxygen atoms in total. The van der Waals surface area contributed by atoms with E-state index in [9.17, 15) is 18.0 Å². The molecule has 0 spiro atoms. The third-order valence-corrected chi connectivity index (χ3v) is 3.20. The summed E-state index contributed by atoms with van der Waals surface area (Å²) in [5.74, 6) is -0.946. The summed E-state index contributed by atoms with van der Waals surface area (Å²) in [6, 6.07) is 4.84. The Labute approximate surface area is 122 Å². The second-order valence-electron chi connectivity index (χ2n) is 5.01. The van der Waals surface area contributed by atoms with Crippen LogP contribution in [0.2, 0.25) is 0 Å². The Balaban J connectivity index is 2.82. The number of rotatable bonds is 6. The molecule has 1 aromatic carbocycles. The molecule has 0 bridgehead atoms. The molecule has 0 aliphatic heterocycles. The lowest BCUT2D eigenvalue weighted by atomic mass is 9.94. The summed E-state index contributed by atoms with van der Waals surface area (Å²) in [5, 5.41) is 11.8. The quantitative estimate of drug-likeness (QED) is 0.848. The van der Waals surface area contributed by atoms with Crippen LogP contribution in [0, 0.1) is 0 Å². The molecule has 0 aliphatic carbocycles. The number of nitrogens with one attached hydrogen (secondary N) is 1. The predicted octanol–water partition coefficient (Wildman–Crippen LogP) is 3.09. The molecule has 21 heavy (non-hydrogen) atoms. The molecular weight excluding hydrogens is 283 g/mol. The van der Waals surface area contributed by atoms with Crippen LogP contribution in [0.5, 0.6) is 0 Å². The van der Waals surface area contributed by atoms with E-state index in [-0.39, 0.29) is 5.91 Å². The molecule has 2 N–H and O–H groups in total. The molecule has 0 fully saturated rings. The van der Waals surface area contributed by atoms with Crippen LogP contribution in [0.15, 0.2) is 24.3 Å². The highest BCUT2D eigenvalue weighted by Gasteiger charge is 2.31. The van der Waals surface area contributed by atoms with Crippen molar-refractivity contribution in [1.29, 1.82) is 0 Å². The zero-order valence-electron chi connectivity index (χ0n) is 12.1. The zero-order valence-corrected chi connectivity index (χ0v) is 12.1. The summed E-state index contributed by atoms with van der Waals surface area (Å²) in [4.78, 5) is 12.0. The van der Waals surface area contributed by atoms with Gasteiger partial charge in [0, 0.05) is 6.54 Å². The lowest BCUT2D eigenvalue weighted by Gasteiger charge is -2.17. The van der Waals surface area contributed by atoms with E-state index < -0.39 is 23.8 Å². The molecule has 0 aliphatic rings. The summed E-state index contributed by atoms with van der Waals surface area (Å²) in [7, 11) is 0. The molecule has 118 valence electrons. The predicted molar refractivity (Wildman–Crippen MR) is 73.8 cm³/mol. The molecule has 0 saturated carbocycles. The first-order valence-electron chi connectivity index (χ1n) is 6.88. The molecular formula is C15H20F3NO2. The minimum absolute atomic E-state index is 0.298. The van der Waals surface area contributed by atoms with Crippen molar-refractivity contribution in [3.63, 3.8) is 0 Å². The van der Waals surface area contributed by atoms with Gasteiger partial charge in [-0.3, -0.25) is 4.79 Å². The Bertz CT molecular complexity index is 472.